The lowest BCUT2D eigenvalue weighted by molar-refractivity contribution is 0.595. The number of nitrogens with zero attached hydrogens (tertiary/aromatic N) is 1. The number of rotatable bonds is 3. The molecular weight excluding hydrogens is 244 g/mol. The first kappa shape index (κ1) is 13.4. The molecule has 3 rings (SSSR count). The number of aryl methyl sites for hydroxylation is 1. The SMILES string of the molecule is CCc1ccc2c(c1)-c1c(ccn1CC(C)N)C2(C)C. The molecule has 20 heavy (non-hydrogen) atoms. The number of hydrogen-bond donors (Lipinski definition) is 1. The molecule has 0 fully saturated rings. The molecule has 0 saturated heterocycles. The fourth-order valence-electron chi connectivity index (χ4n) is 3.44. The van der Waals surface area contributed by atoms with E-state index in [-0.39, 0.29) is 11.5 Å². The molecule has 2 aromatic rings. The summed E-state index contributed by atoms with van der Waals surface area (Å²) in [5, 5.41) is 0. The maximum Gasteiger partial charge on any atom is 0.0525 e. The number of benzene rings is 1. The van der Waals surface area contributed by atoms with Crippen LogP contribution in [0.15, 0.2) is 30.5 Å². The molecule has 2 heteroatoms. The first-order chi connectivity index (χ1) is 9.45. The second kappa shape index (κ2) is 4.49. The minimum Gasteiger partial charge on any atom is -0.346 e. The van der Waals surface area contributed by atoms with Gasteiger partial charge in [0.05, 0.1) is 5.69 Å². The predicted molar refractivity (Wildman–Crippen MR) is 85.0 cm³/mol. The molecule has 1 unspecified atom stereocenters. The van der Waals surface area contributed by atoms with Crippen molar-refractivity contribution in [3.8, 4) is 11.3 Å². The van der Waals surface area contributed by atoms with Gasteiger partial charge < -0.3 is 10.3 Å². The molecule has 0 amide bonds. The lowest BCUT2D eigenvalue weighted by atomic mass is 9.83. The highest BCUT2D eigenvalue weighted by Crippen LogP contribution is 2.49. The molecule has 0 aliphatic heterocycles. The summed E-state index contributed by atoms with van der Waals surface area (Å²) in [6, 6.07) is 9.38. The van der Waals surface area contributed by atoms with Gasteiger partial charge in [0.25, 0.3) is 0 Å². The van der Waals surface area contributed by atoms with Crippen molar-refractivity contribution in [2.45, 2.75) is 52.1 Å². The molecule has 0 radical (unpaired) electrons. The molecule has 1 aliphatic rings. The average Bonchev–Trinajstić information content (AvgIpc) is 2.89. The fourth-order valence-corrected chi connectivity index (χ4v) is 3.44. The topological polar surface area (TPSA) is 30.9 Å². The number of hydrogen-bond acceptors (Lipinski definition) is 1. The van der Waals surface area contributed by atoms with Crippen molar-refractivity contribution in [3.63, 3.8) is 0 Å². The van der Waals surface area contributed by atoms with Gasteiger partial charge >= 0.3 is 0 Å². The summed E-state index contributed by atoms with van der Waals surface area (Å²) in [6.07, 6.45) is 3.27. The normalized spacial score (nSPS) is 16.9. The molecule has 1 aromatic carbocycles. The van der Waals surface area contributed by atoms with Crippen molar-refractivity contribution in [1.82, 2.24) is 4.57 Å². The van der Waals surface area contributed by atoms with Crippen LogP contribution in [0, 0.1) is 0 Å². The van der Waals surface area contributed by atoms with E-state index >= 15 is 0 Å². The standard InChI is InChI=1S/C18H24N2/c1-5-13-6-7-15-14(10-13)17-16(18(15,3)4)8-9-20(17)11-12(2)19/h6-10,12H,5,11,19H2,1-4H3. The highest BCUT2D eigenvalue weighted by Gasteiger charge is 2.37. The Bertz CT molecular complexity index is 647. The first-order valence-corrected chi connectivity index (χ1v) is 7.54. The first-order valence-electron chi connectivity index (χ1n) is 7.54. The van der Waals surface area contributed by atoms with Gasteiger partial charge in [0.1, 0.15) is 0 Å². The third kappa shape index (κ3) is 1.82. The van der Waals surface area contributed by atoms with Gasteiger partial charge in [-0.2, -0.15) is 0 Å². The van der Waals surface area contributed by atoms with Crippen LogP contribution in [0.25, 0.3) is 11.3 Å². The molecule has 1 heterocycles. The maximum atomic E-state index is 6.00. The van der Waals surface area contributed by atoms with Crippen LogP contribution in [0.1, 0.15) is 44.4 Å². The van der Waals surface area contributed by atoms with Crippen molar-refractivity contribution >= 4 is 0 Å². The van der Waals surface area contributed by atoms with E-state index in [1.54, 1.807) is 0 Å². The summed E-state index contributed by atoms with van der Waals surface area (Å²) in [6.45, 7) is 9.79. The van der Waals surface area contributed by atoms with E-state index in [1.165, 1.54) is 27.9 Å². The Morgan fingerprint density at radius 2 is 1.95 bits per heavy atom. The monoisotopic (exact) mass is 268 g/mol. The minimum atomic E-state index is 0.0972. The lowest BCUT2D eigenvalue weighted by Crippen LogP contribution is -2.22. The van der Waals surface area contributed by atoms with E-state index in [2.05, 4.69) is 62.7 Å². The van der Waals surface area contributed by atoms with Crippen LogP contribution < -0.4 is 5.73 Å². The quantitative estimate of drug-likeness (QED) is 0.904. The molecule has 0 bridgehead atoms. The highest BCUT2D eigenvalue weighted by atomic mass is 15.0. The zero-order valence-electron chi connectivity index (χ0n) is 12.9. The molecule has 0 saturated carbocycles. The maximum absolute atomic E-state index is 6.00. The molecular formula is C18H24N2. The molecule has 1 aromatic heterocycles. The Hall–Kier alpha value is -1.54. The molecule has 0 spiro atoms. The Balaban J connectivity index is 2.22. The van der Waals surface area contributed by atoms with E-state index in [1.807, 2.05) is 0 Å². The van der Waals surface area contributed by atoms with Crippen molar-refractivity contribution < 1.29 is 0 Å². The lowest BCUT2D eigenvalue weighted by Gasteiger charge is -2.20. The molecule has 2 nitrogen and oxygen atoms in total. The van der Waals surface area contributed by atoms with Gasteiger partial charge in [0, 0.05) is 29.8 Å². The van der Waals surface area contributed by atoms with Crippen LogP contribution in [0.4, 0.5) is 0 Å². The number of nitrogens with two attached hydrogens (primary N) is 1. The molecule has 1 atom stereocenters. The van der Waals surface area contributed by atoms with Gasteiger partial charge in [0.2, 0.25) is 0 Å². The Kier molecular flexibility index (Phi) is 3.02. The Morgan fingerprint density at radius 1 is 1.20 bits per heavy atom. The summed E-state index contributed by atoms with van der Waals surface area (Å²) in [5.74, 6) is 0. The minimum absolute atomic E-state index is 0.0972. The number of aromatic nitrogens is 1. The van der Waals surface area contributed by atoms with Crippen molar-refractivity contribution in [2.75, 3.05) is 0 Å². The van der Waals surface area contributed by atoms with Crippen LogP contribution in [0.5, 0.6) is 0 Å². The Labute approximate surface area is 121 Å². The van der Waals surface area contributed by atoms with E-state index < -0.39 is 0 Å². The highest BCUT2D eigenvalue weighted by molar-refractivity contribution is 5.79. The van der Waals surface area contributed by atoms with Gasteiger partial charge in [-0.3, -0.25) is 0 Å². The smallest absolute Gasteiger partial charge is 0.0525 e. The van der Waals surface area contributed by atoms with Gasteiger partial charge in [-0.05, 0) is 42.2 Å². The molecule has 2 N–H and O–H groups in total. The average molecular weight is 268 g/mol. The van der Waals surface area contributed by atoms with Crippen LogP contribution in [0.3, 0.4) is 0 Å². The van der Waals surface area contributed by atoms with Crippen molar-refractivity contribution in [3.05, 3.63) is 47.2 Å². The summed E-state index contributed by atoms with van der Waals surface area (Å²) in [5.41, 5.74) is 13.1. The van der Waals surface area contributed by atoms with Gasteiger partial charge in [0.15, 0.2) is 0 Å². The van der Waals surface area contributed by atoms with Crippen LogP contribution in [-0.4, -0.2) is 10.6 Å². The Morgan fingerprint density at radius 3 is 2.60 bits per heavy atom. The summed E-state index contributed by atoms with van der Waals surface area (Å²) < 4.78 is 2.33. The number of fused-ring (bicyclic) bond motifs is 3. The van der Waals surface area contributed by atoms with Gasteiger partial charge in [-0.1, -0.05) is 32.9 Å². The summed E-state index contributed by atoms with van der Waals surface area (Å²) in [4.78, 5) is 0. The summed E-state index contributed by atoms with van der Waals surface area (Å²) in [7, 11) is 0. The molecule has 1 aliphatic carbocycles. The third-order valence-corrected chi connectivity index (χ3v) is 4.54. The second-order valence-corrected chi connectivity index (χ2v) is 6.57. The van der Waals surface area contributed by atoms with E-state index in [9.17, 15) is 0 Å². The van der Waals surface area contributed by atoms with Crippen LogP contribution in [-0.2, 0) is 18.4 Å². The van der Waals surface area contributed by atoms with E-state index in [4.69, 9.17) is 5.73 Å². The van der Waals surface area contributed by atoms with E-state index in [0.29, 0.717) is 0 Å². The third-order valence-electron chi connectivity index (χ3n) is 4.54. The molecule has 106 valence electrons. The zero-order chi connectivity index (χ0) is 14.5. The van der Waals surface area contributed by atoms with Crippen LogP contribution >= 0.6 is 0 Å². The largest absolute Gasteiger partial charge is 0.346 e. The van der Waals surface area contributed by atoms with Crippen LogP contribution in [0.2, 0.25) is 0 Å². The zero-order valence-corrected chi connectivity index (χ0v) is 12.9. The summed E-state index contributed by atoms with van der Waals surface area (Å²) >= 11 is 0. The fraction of sp³-hybridized carbons (Fsp3) is 0.444. The predicted octanol–water partition coefficient (Wildman–Crippen LogP) is 3.70. The van der Waals surface area contributed by atoms with Gasteiger partial charge in [-0.25, -0.2) is 0 Å². The second-order valence-electron chi connectivity index (χ2n) is 6.57. The van der Waals surface area contributed by atoms with E-state index in [0.717, 1.165) is 13.0 Å². The van der Waals surface area contributed by atoms with Crippen molar-refractivity contribution in [2.24, 2.45) is 5.73 Å². The van der Waals surface area contributed by atoms with Gasteiger partial charge in [-0.15, -0.1) is 0 Å². The van der Waals surface area contributed by atoms with Crippen molar-refractivity contribution in [1.29, 1.82) is 0 Å².